The van der Waals surface area contributed by atoms with Gasteiger partial charge in [0.1, 0.15) is 34.5 Å². The number of aromatic hydroxyl groups is 2. The van der Waals surface area contributed by atoms with Crippen molar-refractivity contribution in [2.45, 2.75) is 196 Å². The van der Waals surface area contributed by atoms with Gasteiger partial charge in [0.25, 0.3) is 17.1 Å². The van der Waals surface area contributed by atoms with E-state index in [0.717, 1.165) is 88.4 Å². The van der Waals surface area contributed by atoms with Gasteiger partial charge in [0, 0.05) is 83.0 Å². The first-order valence-electron chi connectivity index (χ1n) is 38.9. The second kappa shape index (κ2) is 40.4. The Labute approximate surface area is 665 Å². The van der Waals surface area contributed by atoms with Crippen LogP contribution >= 0.6 is 23.5 Å². The second-order valence-corrected chi connectivity index (χ2v) is 31.8. The molecule has 5 amide bonds. The predicted molar refractivity (Wildman–Crippen MR) is 456 cm³/mol. The number of phenolic OH excluding ortho intramolecular Hbond substituents is 2. The van der Waals surface area contributed by atoms with Gasteiger partial charge in [-0.05, 0) is 175 Å². The number of para-hydroxylation sites is 2. The van der Waals surface area contributed by atoms with E-state index in [-0.39, 0.29) is 50.3 Å². The zero-order valence-corrected chi connectivity index (χ0v) is 68.4. The van der Waals surface area contributed by atoms with Crippen molar-refractivity contribution in [2.75, 3.05) is 77.9 Å². The van der Waals surface area contributed by atoms with Crippen molar-refractivity contribution in [1.82, 2.24) is 0 Å². The van der Waals surface area contributed by atoms with E-state index in [1.54, 1.807) is 90.5 Å². The summed E-state index contributed by atoms with van der Waals surface area (Å²) in [5, 5.41) is 43.9. The van der Waals surface area contributed by atoms with Crippen LogP contribution in [-0.4, -0.2) is 81.3 Å². The van der Waals surface area contributed by atoms with Crippen LogP contribution in [0.25, 0.3) is 10.8 Å². The number of fused-ring (bicyclic) bond motifs is 3. The van der Waals surface area contributed by atoms with Gasteiger partial charge in [0.15, 0.2) is 11.9 Å². The summed E-state index contributed by atoms with van der Waals surface area (Å²) in [6.07, 6.45) is 18.3. The molecule has 1 heterocycles. The molecule has 0 aromatic heterocycles. The molecule has 9 aromatic rings. The van der Waals surface area contributed by atoms with Crippen LogP contribution in [0.15, 0.2) is 185 Å². The predicted octanol–water partition coefficient (Wildman–Crippen LogP) is 24.2. The smallest absolute Gasteiger partial charge is 0.323 e. The fourth-order valence-electron chi connectivity index (χ4n) is 12.8. The molecular formula is C91H110N8O10S2. The van der Waals surface area contributed by atoms with Crippen LogP contribution in [-0.2, 0) is 15.6 Å². The number of hydrogen-bond donors (Lipinski definition) is 6. The highest BCUT2D eigenvalue weighted by Gasteiger charge is 2.33. The van der Waals surface area contributed by atoms with Crippen LogP contribution < -0.4 is 54.9 Å². The molecule has 0 bridgehead atoms. The highest BCUT2D eigenvalue weighted by atomic mass is 32.2. The number of carbonyl (C=O) groups excluding carboxylic acids is 4. The molecule has 0 saturated carbocycles. The number of nitriles is 1. The lowest BCUT2D eigenvalue weighted by Gasteiger charge is -2.32. The number of urea groups is 1. The molecule has 111 heavy (non-hydrogen) atoms. The first-order chi connectivity index (χ1) is 53.4. The second-order valence-electron chi connectivity index (χ2n) is 29.7. The first kappa shape index (κ1) is 84.5. The third kappa shape index (κ3) is 22.8. The van der Waals surface area contributed by atoms with Crippen molar-refractivity contribution >= 4 is 103 Å². The molecule has 10 rings (SSSR count). The van der Waals surface area contributed by atoms with Crippen molar-refractivity contribution in [1.29, 1.82) is 5.26 Å². The molecule has 9 aromatic carbocycles. The number of rotatable bonds is 35. The molecule has 0 radical (unpaired) electrons. The monoisotopic (exact) mass is 1540 g/mol. The number of phenols is 2. The molecule has 1 aliphatic heterocycles. The van der Waals surface area contributed by atoms with Crippen LogP contribution in [0.4, 0.5) is 55.1 Å². The lowest BCUT2D eigenvalue weighted by atomic mass is 9.76. The van der Waals surface area contributed by atoms with Gasteiger partial charge in [-0.15, -0.1) is 0 Å². The molecule has 1 atom stereocenters. The normalized spacial score (nSPS) is 11.9. The molecule has 1 aliphatic rings. The number of anilines is 8. The van der Waals surface area contributed by atoms with Crippen molar-refractivity contribution < 1.29 is 48.3 Å². The molecule has 0 spiro atoms. The third-order valence-electron chi connectivity index (χ3n) is 20.4. The van der Waals surface area contributed by atoms with Gasteiger partial charge >= 0.3 is 6.03 Å². The molecule has 0 saturated heterocycles. The molecule has 586 valence electrons. The number of methoxy groups -OCH3 is 1. The van der Waals surface area contributed by atoms with Gasteiger partial charge in [0.05, 0.1) is 59.3 Å². The summed E-state index contributed by atoms with van der Waals surface area (Å²) in [6, 6.07) is 52.3. The lowest BCUT2D eigenvalue weighted by Crippen LogP contribution is -2.34. The summed E-state index contributed by atoms with van der Waals surface area (Å²) in [7, 11) is 9.57. The maximum absolute atomic E-state index is 14.6. The fourth-order valence-corrected chi connectivity index (χ4v) is 14.9. The van der Waals surface area contributed by atoms with E-state index in [1.807, 2.05) is 111 Å². The summed E-state index contributed by atoms with van der Waals surface area (Å²) in [5.41, 5.74) is 7.41. The van der Waals surface area contributed by atoms with E-state index in [4.69, 9.17) is 24.2 Å². The highest BCUT2D eigenvalue weighted by molar-refractivity contribution is 8.14. The molecule has 18 nitrogen and oxygen atoms in total. The number of amides is 5. The summed E-state index contributed by atoms with van der Waals surface area (Å²) in [5.74, 6) is 1.14. The number of nitrogens with zero attached hydrogens (tertiary/aromatic N) is 4. The molecule has 20 heteroatoms. The van der Waals surface area contributed by atoms with Crippen molar-refractivity contribution in [3.05, 3.63) is 192 Å². The minimum absolute atomic E-state index is 0.0241. The van der Waals surface area contributed by atoms with Crippen molar-refractivity contribution in [3.63, 3.8) is 0 Å². The maximum Gasteiger partial charge on any atom is 0.323 e. The quantitative estimate of drug-likeness (QED) is 0.0123. The number of benzene rings is 9. The van der Waals surface area contributed by atoms with Crippen molar-refractivity contribution in [3.8, 4) is 46.3 Å². The van der Waals surface area contributed by atoms with Gasteiger partial charge < -0.3 is 60.2 Å². The third-order valence-corrected chi connectivity index (χ3v) is 22.4. The van der Waals surface area contributed by atoms with E-state index in [0.29, 0.717) is 68.6 Å². The molecule has 0 fully saturated rings. The summed E-state index contributed by atoms with van der Waals surface area (Å²) >= 11 is 2.69. The van der Waals surface area contributed by atoms with E-state index in [2.05, 4.69) is 101 Å². The zero-order valence-electron chi connectivity index (χ0n) is 66.7. The summed E-state index contributed by atoms with van der Waals surface area (Å²) in [6.45, 7) is 18.0. The van der Waals surface area contributed by atoms with Crippen molar-refractivity contribution in [2.24, 2.45) is 0 Å². The van der Waals surface area contributed by atoms with Gasteiger partial charge in [-0.1, -0.05) is 193 Å². The molecule has 0 aliphatic carbocycles. The maximum atomic E-state index is 14.6. The van der Waals surface area contributed by atoms with E-state index >= 15 is 0 Å². The van der Waals surface area contributed by atoms with Gasteiger partial charge in [-0.2, -0.15) is 5.26 Å². The van der Waals surface area contributed by atoms with Gasteiger partial charge in [0.2, 0.25) is 0 Å². The highest BCUT2D eigenvalue weighted by Crippen LogP contribution is 2.53. The SMILES string of the molecule is CCCCC(Oc1ccc(C(C)(C)CC)cc1C(C)(C)CC)C(=O)Nc1cc(O)c(NC(=O)Nc2ccc(C#N)cc2)cc1Oc1ccc(OC)cc1.CCCCCCCCCCCCCCOc1ccccc1NC(=O)c1cc(SC(=O)N2c3ccc(N(C)C)cc3Sc3cc(N(C)C)ccc32)c2ccccc2c1O. The number of hydrogen-bond acceptors (Lipinski definition) is 15. The average molecular weight is 1540 g/mol. The summed E-state index contributed by atoms with van der Waals surface area (Å²) in [4.78, 5) is 64.1. The fraction of sp³-hybridized carbons (Fsp3) is 0.374. The number of thioether (sulfide) groups is 1. The van der Waals surface area contributed by atoms with E-state index < -0.39 is 23.9 Å². The largest absolute Gasteiger partial charge is 0.506 e. The Hall–Kier alpha value is -10.5. The zero-order chi connectivity index (χ0) is 79.8. The Kier molecular flexibility index (Phi) is 30.8. The molecule has 6 N–H and O–H groups in total. The van der Waals surface area contributed by atoms with E-state index in [9.17, 15) is 29.4 Å². The van der Waals surface area contributed by atoms with Crippen LogP contribution in [0.5, 0.6) is 40.2 Å². The number of nitrogens with one attached hydrogen (secondary N) is 4. The minimum atomic E-state index is -0.849. The molecular weight excluding hydrogens is 1430 g/mol. The van der Waals surface area contributed by atoms with Crippen LogP contribution in [0.1, 0.15) is 192 Å². The number of carbonyl (C=O) groups is 4. The Bertz CT molecular complexity index is 4630. The number of unbranched alkanes of at least 4 members (excludes halogenated alkanes) is 12. The van der Waals surface area contributed by atoms with Crippen LogP contribution in [0.2, 0.25) is 0 Å². The Morgan fingerprint density at radius 3 is 1.75 bits per heavy atom. The topological polar surface area (TPSA) is 227 Å². The number of ether oxygens (including phenoxy) is 4. The Morgan fingerprint density at radius 1 is 0.568 bits per heavy atom. The van der Waals surface area contributed by atoms with Gasteiger partial charge in [-0.25, -0.2) is 4.79 Å². The minimum Gasteiger partial charge on any atom is -0.506 e. The average Bonchev–Trinajstić information content (AvgIpc) is 0.751. The first-order valence-corrected chi connectivity index (χ1v) is 40.5. The Balaban J connectivity index is 0.000000256. The van der Waals surface area contributed by atoms with Crippen LogP contribution in [0.3, 0.4) is 0 Å². The standard InChI is InChI=1S/C48H58N4O4S2.C43H52N4O6/c1-6-7-8-9-10-11-12-13-14-15-16-21-30-56-42-25-20-19-24-39(42)49-47(54)38-33-43(36-22-17-18-23-37(36)46(38)53)58-48(55)52-40-28-26-34(50(2)3)31-44(40)57-45-32-35(51(4)5)27-29-41(45)52;1-9-12-13-38(53-37-23-16-29(42(4,5)10-2)24-33(37)43(6,7)11-3)40(49)46-35-25-36(48)34(26-39(35)52-32-21-19-31(51-8)20-22-32)47-41(50)45-30-17-14-28(27-44)15-18-30/h17-20,22-29,31-33,53H,6-16,21,30H2,1-5H3,(H,49,54);14-26,38,48H,9-13H2,1-8H3,(H,46,49)(H2,45,47,50). The van der Waals surface area contributed by atoms with Crippen LogP contribution in [0, 0.1) is 11.3 Å². The summed E-state index contributed by atoms with van der Waals surface area (Å²) < 4.78 is 24.3. The van der Waals surface area contributed by atoms with Gasteiger partial charge in [-0.3, -0.25) is 19.3 Å². The lowest BCUT2D eigenvalue weighted by molar-refractivity contribution is -0.123. The Morgan fingerprint density at radius 2 is 1.15 bits per heavy atom. The molecule has 1 unspecified atom stereocenters. The van der Waals surface area contributed by atoms with E-state index in [1.165, 1.54) is 81.9 Å².